The molecule has 0 amide bonds. The highest BCUT2D eigenvalue weighted by Gasteiger charge is 2.23. The Morgan fingerprint density at radius 3 is 3.08 bits per heavy atom. The number of benzene rings is 1. The Bertz CT molecular complexity index is 338. The first-order valence-electron chi connectivity index (χ1n) is 3.40. The molecule has 4 heteroatoms. The Morgan fingerprint density at radius 1 is 1.50 bits per heavy atom. The lowest BCUT2D eigenvalue weighted by Gasteiger charge is -2.00. The second kappa shape index (κ2) is 2.99. The van der Waals surface area contributed by atoms with E-state index in [9.17, 15) is 4.79 Å². The molecule has 0 N–H and O–H groups in total. The molecule has 12 heavy (non-hydrogen) atoms. The zero-order chi connectivity index (χ0) is 8.55. The quantitative estimate of drug-likeness (QED) is 0.697. The molecule has 0 atom stereocenters. The zero-order valence-corrected chi connectivity index (χ0v) is 7.61. The summed E-state index contributed by atoms with van der Waals surface area (Å²) in [5, 5.41) is 0. The number of hydrogen-bond acceptors (Lipinski definition) is 3. The molecular weight excluding hydrogens is 196 g/mol. The van der Waals surface area contributed by atoms with Gasteiger partial charge in [0.1, 0.15) is 5.75 Å². The van der Waals surface area contributed by atoms with E-state index in [0.29, 0.717) is 11.3 Å². The standard InChI is InChI=1S/C8H5ClO2S/c9-12-7-3-1-2-5-6(10)4-11-8(5)7/h1-3H,4H2. The van der Waals surface area contributed by atoms with Gasteiger partial charge in [-0.1, -0.05) is 6.07 Å². The van der Waals surface area contributed by atoms with Gasteiger partial charge in [-0.25, -0.2) is 0 Å². The fraction of sp³-hybridized carbons (Fsp3) is 0.125. The van der Waals surface area contributed by atoms with Crippen LogP contribution >= 0.6 is 21.7 Å². The fourth-order valence-corrected chi connectivity index (χ4v) is 1.89. The summed E-state index contributed by atoms with van der Waals surface area (Å²) in [4.78, 5) is 12.0. The maximum atomic E-state index is 11.2. The Morgan fingerprint density at radius 2 is 2.33 bits per heavy atom. The van der Waals surface area contributed by atoms with Gasteiger partial charge >= 0.3 is 0 Å². The summed E-state index contributed by atoms with van der Waals surface area (Å²) >= 11 is 0. The third-order valence-corrected chi connectivity index (χ3v) is 2.70. The van der Waals surface area contributed by atoms with E-state index < -0.39 is 0 Å². The van der Waals surface area contributed by atoms with Crippen molar-refractivity contribution in [1.29, 1.82) is 0 Å². The molecule has 0 bridgehead atoms. The largest absolute Gasteiger partial charge is 0.483 e. The summed E-state index contributed by atoms with van der Waals surface area (Å²) in [7, 11) is 6.65. The van der Waals surface area contributed by atoms with Gasteiger partial charge < -0.3 is 4.74 Å². The van der Waals surface area contributed by atoms with Gasteiger partial charge in [-0.3, -0.25) is 4.79 Å². The topological polar surface area (TPSA) is 26.3 Å². The van der Waals surface area contributed by atoms with Gasteiger partial charge in [-0.15, -0.1) is 0 Å². The second-order valence-corrected chi connectivity index (χ2v) is 3.48. The highest BCUT2D eigenvalue weighted by molar-refractivity contribution is 8.21. The molecule has 62 valence electrons. The first-order chi connectivity index (χ1) is 5.83. The number of halogens is 1. The number of carbonyl (C=O) groups excluding carboxylic acids is 1. The number of ether oxygens (including phenoxy) is 1. The average molecular weight is 201 g/mol. The molecule has 0 fully saturated rings. The Labute approximate surface area is 78.4 Å². The molecule has 0 saturated carbocycles. The number of para-hydroxylation sites is 1. The minimum absolute atomic E-state index is 0.0255. The summed E-state index contributed by atoms with van der Waals surface area (Å²) in [5.74, 6) is 0.653. The summed E-state index contributed by atoms with van der Waals surface area (Å²) in [6.07, 6.45) is 0. The first-order valence-corrected chi connectivity index (χ1v) is 5.05. The summed E-state index contributed by atoms with van der Waals surface area (Å²) < 4.78 is 5.18. The number of ketones is 1. The lowest BCUT2D eigenvalue weighted by Crippen LogP contribution is -1.98. The van der Waals surface area contributed by atoms with Crippen LogP contribution in [0.5, 0.6) is 5.75 Å². The third-order valence-electron chi connectivity index (χ3n) is 1.71. The van der Waals surface area contributed by atoms with E-state index in [1.54, 1.807) is 12.1 Å². The van der Waals surface area contributed by atoms with Crippen LogP contribution in [0.25, 0.3) is 0 Å². The van der Waals surface area contributed by atoms with Crippen LogP contribution < -0.4 is 4.74 Å². The van der Waals surface area contributed by atoms with Crippen LogP contribution in [-0.2, 0) is 0 Å². The van der Waals surface area contributed by atoms with Crippen molar-refractivity contribution in [2.75, 3.05) is 6.61 Å². The SMILES string of the molecule is O=C1COc2c(SCl)cccc21. The number of rotatable bonds is 1. The molecule has 0 saturated heterocycles. The highest BCUT2D eigenvalue weighted by atomic mass is 35.7. The van der Waals surface area contributed by atoms with Gasteiger partial charge in [0, 0.05) is 0 Å². The zero-order valence-electron chi connectivity index (χ0n) is 6.04. The van der Waals surface area contributed by atoms with E-state index in [2.05, 4.69) is 0 Å². The van der Waals surface area contributed by atoms with Gasteiger partial charge in [-0.05, 0) is 33.8 Å². The van der Waals surface area contributed by atoms with Crippen LogP contribution in [0.1, 0.15) is 10.4 Å². The molecule has 0 aromatic heterocycles. The van der Waals surface area contributed by atoms with Gasteiger partial charge in [0.25, 0.3) is 0 Å². The van der Waals surface area contributed by atoms with E-state index in [4.69, 9.17) is 15.4 Å². The average Bonchev–Trinajstić information content (AvgIpc) is 2.48. The normalized spacial score (nSPS) is 14.2. The Kier molecular flexibility index (Phi) is 1.98. The number of fused-ring (bicyclic) bond motifs is 1. The lowest BCUT2D eigenvalue weighted by atomic mass is 10.1. The minimum Gasteiger partial charge on any atom is -0.483 e. The summed E-state index contributed by atoms with van der Waals surface area (Å²) in [6.45, 7) is 0.143. The van der Waals surface area contributed by atoms with E-state index in [1.165, 1.54) is 0 Å². The fourth-order valence-electron chi connectivity index (χ4n) is 1.16. The van der Waals surface area contributed by atoms with Crippen molar-refractivity contribution < 1.29 is 9.53 Å². The van der Waals surface area contributed by atoms with Crippen LogP contribution in [0.2, 0.25) is 0 Å². The van der Waals surface area contributed by atoms with Gasteiger partial charge in [0.2, 0.25) is 5.78 Å². The number of carbonyl (C=O) groups is 1. The summed E-state index contributed by atoms with van der Waals surface area (Å²) in [5.41, 5.74) is 0.639. The lowest BCUT2D eigenvalue weighted by molar-refractivity contribution is 0.0960. The maximum absolute atomic E-state index is 11.2. The third kappa shape index (κ3) is 1.09. The van der Waals surface area contributed by atoms with E-state index in [1.807, 2.05) is 6.07 Å². The molecule has 0 spiro atoms. The molecule has 2 rings (SSSR count). The molecular formula is C8H5ClO2S. The molecule has 0 radical (unpaired) electrons. The molecule has 0 unspecified atom stereocenters. The van der Waals surface area contributed by atoms with Crippen molar-refractivity contribution in [3.8, 4) is 5.75 Å². The Hall–Kier alpha value is -0.670. The number of hydrogen-bond donors (Lipinski definition) is 0. The molecule has 2 nitrogen and oxygen atoms in total. The summed E-state index contributed by atoms with van der Waals surface area (Å²) in [6, 6.07) is 5.38. The van der Waals surface area contributed by atoms with Crippen molar-refractivity contribution in [3.63, 3.8) is 0 Å². The van der Waals surface area contributed by atoms with Crippen LogP contribution in [0.3, 0.4) is 0 Å². The molecule has 1 heterocycles. The highest BCUT2D eigenvalue weighted by Crippen LogP contribution is 2.37. The van der Waals surface area contributed by atoms with E-state index in [0.717, 1.165) is 15.9 Å². The molecule has 1 aliphatic heterocycles. The predicted octanol–water partition coefficient (Wildman–Crippen LogP) is 2.51. The van der Waals surface area contributed by atoms with E-state index in [-0.39, 0.29) is 12.4 Å². The van der Waals surface area contributed by atoms with Crippen molar-refractivity contribution >= 4 is 27.4 Å². The van der Waals surface area contributed by atoms with Crippen molar-refractivity contribution in [2.24, 2.45) is 0 Å². The molecule has 1 aromatic rings. The molecule has 1 aromatic carbocycles. The molecule has 0 aliphatic carbocycles. The van der Waals surface area contributed by atoms with Crippen molar-refractivity contribution in [2.45, 2.75) is 4.90 Å². The van der Waals surface area contributed by atoms with Crippen LogP contribution in [0.15, 0.2) is 23.1 Å². The number of Topliss-reactive ketones (excluding diaryl/α,β-unsaturated/α-hetero) is 1. The van der Waals surface area contributed by atoms with E-state index >= 15 is 0 Å². The smallest absolute Gasteiger partial charge is 0.203 e. The van der Waals surface area contributed by atoms with Gasteiger partial charge in [-0.2, -0.15) is 0 Å². The van der Waals surface area contributed by atoms with Gasteiger partial charge in [0.05, 0.1) is 10.5 Å². The van der Waals surface area contributed by atoms with Crippen molar-refractivity contribution in [1.82, 2.24) is 0 Å². The van der Waals surface area contributed by atoms with Gasteiger partial charge in [0.15, 0.2) is 6.61 Å². The first kappa shape index (κ1) is 7.95. The van der Waals surface area contributed by atoms with Crippen LogP contribution in [-0.4, -0.2) is 12.4 Å². The molecule has 1 aliphatic rings. The van der Waals surface area contributed by atoms with Crippen molar-refractivity contribution in [3.05, 3.63) is 23.8 Å². The Balaban J connectivity index is 2.58. The maximum Gasteiger partial charge on any atom is 0.203 e. The second-order valence-electron chi connectivity index (χ2n) is 2.42. The van der Waals surface area contributed by atoms with Crippen LogP contribution in [0, 0.1) is 0 Å². The minimum atomic E-state index is 0.0255. The predicted molar refractivity (Wildman–Crippen MR) is 48.0 cm³/mol. The monoisotopic (exact) mass is 200 g/mol. The van der Waals surface area contributed by atoms with Crippen LogP contribution in [0.4, 0.5) is 0 Å².